The highest BCUT2D eigenvalue weighted by atomic mass is 19.1. The van der Waals surface area contributed by atoms with Crippen molar-refractivity contribution in [2.45, 2.75) is 20.8 Å². The smallest absolute Gasteiger partial charge is 0.236 e. The van der Waals surface area contributed by atoms with Crippen molar-refractivity contribution < 1.29 is 18.8 Å². The van der Waals surface area contributed by atoms with Crippen molar-refractivity contribution in [1.82, 2.24) is 14.7 Å². The molecule has 29 heavy (non-hydrogen) atoms. The average Bonchev–Trinajstić information content (AvgIpc) is 2.68. The molecule has 0 aromatic heterocycles. The van der Waals surface area contributed by atoms with Gasteiger partial charge in [-0.2, -0.15) is 0 Å². The number of nitrogens with zero attached hydrogens (tertiary/aromatic N) is 4. The zero-order chi connectivity index (χ0) is 21.6. The van der Waals surface area contributed by atoms with Crippen molar-refractivity contribution in [3.05, 3.63) is 29.6 Å². The van der Waals surface area contributed by atoms with Crippen molar-refractivity contribution in [1.29, 1.82) is 0 Å². The topological polar surface area (TPSA) is 64.2 Å². The van der Waals surface area contributed by atoms with Crippen molar-refractivity contribution in [3.63, 3.8) is 0 Å². The largest absolute Gasteiger partial charge is 0.366 e. The van der Waals surface area contributed by atoms with Crippen LogP contribution in [0.4, 0.5) is 10.1 Å². The van der Waals surface area contributed by atoms with Gasteiger partial charge in [-0.3, -0.25) is 19.3 Å². The van der Waals surface area contributed by atoms with Gasteiger partial charge >= 0.3 is 0 Å². The number of piperazine rings is 1. The minimum atomic E-state index is -0.424. The van der Waals surface area contributed by atoms with Gasteiger partial charge in [0.25, 0.3) is 0 Å². The van der Waals surface area contributed by atoms with Crippen molar-refractivity contribution in [2.75, 3.05) is 64.3 Å². The van der Waals surface area contributed by atoms with Crippen LogP contribution in [0.2, 0.25) is 0 Å². The molecule has 0 atom stereocenters. The average molecular weight is 407 g/mol. The fourth-order valence-electron chi connectivity index (χ4n) is 3.47. The molecule has 0 radical (unpaired) electrons. The standard InChI is InChI=1S/C21H31FN4O3/c1-5-24(6-2)20(28)14-23(4)15-21(29)26-11-9-25(10-12-26)19-8-7-17(16(3)27)13-18(19)22/h7-8,13H,5-6,9-12,14-15H2,1-4H3. The van der Waals surface area contributed by atoms with E-state index in [-0.39, 0.29) is 30.7 Å². The molecule has 0 spiro atoms. The van der Waals surface area contributed by atoms with Crippen LogP contribution in [0.5, 0.6) is 0 Å². The molecule has 1 aromatic carbocycles. The Morgan fingerprint density at radius 3 is 2.17 bits per heavy atom. The SMILES string of the molecule is CCN(CC)C(=O)CN(C)CC(=O)N1CCN(c2ccc(C(C)=O)cc2F)CC1. The number of benzene rings is 1. The summed E-state index contributed by atoms with van der Waals surface area (Å²) in [7, 11) is 1.77. The van der Waals surface area contributed by atoms with E-state index in [9.17, 15) is 18.8 Å². The summed E-state index contributed by atoms with van der Waals surface area (Å²) in [4.78, 5) is 43.2. The zero-order valence-corrected chi connectivity index (χ0v) is 17.8. The van der Waals surface area contributed by atoms with Crippen molar-refractivity contribution in [3.8, 4) is 0 Å². The monoisotopic (exact) mass is 406 g/mol. The summed E-state index contributed by atoms with van der Waals surface area (Å²) in [5.41, 5.74) is 0.798. The first kappa shape index (κ1) is 22.8. The second-order valence-electron chi connectivity index (χ2n) is 7.33. The van der Waals surface area contributed by atoms with E-state index in [0.717, 1.165) is 0 Å². The van der Waals surface area contributed by atoms with Crippen LogP contribution in [0.1, 0.15) is 31.1 Å². The quantitative estimate of drug-likeness (QED) is 0.612. The highest BCUT2D eigenvalue weighted by Crippen LogP contribution is 2.22. The Hall–Kier alpha value is -2.48. The molecule has 7 nitrogen and oxygen atoms in total. The van der Waals surface area contributed by atoms with E-state index in [4.69, 9.17) is 0 Å². The molecular formula is C21H31FN4O3. The second-order valence-corrected chi connectivity index (χ2v) is 7.33. The lowest BCUT2D eigenvalue weighted by Crippen LogP contribution is -2.51. The Bertz CT molecular complexity index is 743. The van der Waals surface area contributed by atoms with Crippen LogP contribution in [0.25, 0.3) is 0 Å². The summed E-state index contributed by atoms with van der Waals surface area (Å²) in [5.74, 6) is -0.618. The van der Waals surface area contributed by atoms with Crippen molar-refractivity contribution >= 4 is 23.3 Å². The van der Waals surface area contributed by atoms with Gasteiger partial charge in [0.1, 0.15) is 5.82 Å². The van der Waals surface area contributed by atoms with Crippen LogP contribution in [-0.2, 0) is 9.59 Å². The molecule has 1 aromatic rings. The van der Waals surface area contributed by atoms with Crippen LogP contribution >= 0.6 is 0 Å². The van der Waals surface area contributed by atoms with Gasteiger partial charge in [-0.05, 0) is 46.0 Å². The molecule has 1 saturated heterocycles. The molecule has 2 amide bonds. The first-order valence-corrected chi connectivity index (χ1v) is 10.1. The Labute approximate surface area is 172 Å². The maximum absolute atomic E-state index is 14.4. The normalized spacial score (nSPS) is 14.3. The zero-order valence-electron chi connectivity index (χ0n) is 17.8. The van der Waals surface area contributed by atoms with Gasteiger partial charge in [-0.1, -0.05) is 0 Å². The molecule has 160 valence electrons. The third-order valence-electron chi connectivity index (χ3n) is 5.25. The van der Waals surface area contributed by atoms with Crippen LogP contribution in [0, 0.1) is 5.82 Å². The number of hydrogen-bond acceptors (Lipinski definition) is 5. The maximum Gasteiger partial charge on any atom is 0.236 e. The van der Waals surface area contributed by atoms with Gasteiger partial charge < -0.3 is 14.7 Å². The first-order chi connectivity index (χ1) is 13.8. The van der Waals surface area contributed by atoms with E-state index < -0.39 is 5.82 Å². The summed E-state index contributed by atoms with van der Waals surface area (Å²) in [6.07, 6.45) is 0. The molecule has 1 aliphatic heterocycles. The number of amides is 2. The Kier molecular flexibility index (Phi) is 8.13. The van der Waals surface area contributed by atoms with Gasteiger partial charge in [-0.25, -0.2) is 4.39 Å². The number of ketones is 1. The van der Waals surface area contributed by atoms with Crippen LogP contribution in [0.15, 0.2) is 18.2 Å². The van der Waals surface area contributed by atoms with Crippen LogP contribution < -0.4 is 4.90 Å². The summed E-state index contributed by atoms with van der Waals surface area (Å²) in [5, 5.41) is 0. The predicted octanol–water partition coefficient (Wildman–Crippen LogP) is 1.48. The minimum Gasteiger partial charge on any atom is -0.366 e. The summed E-state index contributed by atoms with van der Waals surface area (Å²) >= 11 is 0. The first-order valence-electron chi connectivity index (χ1n) is 10.1. The molecule has 0 unspecified atom stereocenters. The van der Waals surface area contributed by atoms with E-state index in [1.165, 1.54) is 13.0 Å². The number of carbonyl (C=O) groups is 3. The molecule has 8 heteroatoms. The van der Waals surface area contributed by atoms with Gasteiger partial charge in [0, 0.05) is 44.8 Å². The molecular weight excluding hydrogens is 375 g/mol. The Morgan fingerprint density at radius 2 is 1.66 bits per heavy atom. The molecule has 1 heterocycles. The van der Waals surface area contributed by atoms with Gasteiger partial charge in [0.2, 0.25) is 11.8 Å². The fraction of sp³-hybridized carbons (Fsp3) is 0.571. The lowest BCUT2D eigenvalue weighted by Gasteiger charge is -2.37. The molecule has 1 aliphatic rings. The summed E-state index contributed by atoms with van der Waals surface area (Å²) in [6.45, 7) is 8.99. The molecule has 0 bridgehead atoms. The van der Waals surface area contributed by atoms with Gasteiger partial charge in [0.15, 0.2) is 5.78 Å². The number of anilines is 1. The minimum absolute atomic E-state index is 0.0135. The number of Topliss-reactive ketones (excluding diaryl/α,β-unsaturated/α-hetero) is 1. The summed E-state index contributed by atoms with van der Waals surface area (Å²) < 4.78 is 14.4. The van der Waals surface area contributed by atoms with E-state index in [1.807, 2.05) is 18.7 Å². The van der Waals surface area contributed by atoms with Gasteiger partial charge in [-0.15, -0.1) is 0 Å². The molecule has 0 saturated carbocycles. The fourth-order valence-corrected chi connectivity index (χ4v) is 3.47. The number of carbonyl (C=O) groups excluding carboxylic acids is 3. The van der Waals surface area contributed by atoms with E-state index in [0.29, 0.717) is 50.5 Å². The third-order valence-corrected chi connectivity index (χ3v) is 5.25. The predicted molar refractivity (Wildman–Crippen MR) is 111 cm³/mol. The Morgan fingerprint density at radius 1 is 1.03 bits per heavy atom. The molecule has 2 rings (SSSR count). The van der Waals surface area contributed by atoms with Crippen LogP contribution in [0.3, 0.4) is 0 Å². The Balaban J connectivity index is 1.86. The number of halogens is 1. The van der Waals surface area contributed by atoms with E-state index in [1.54, 1.807) is 33.9 Å². The van der Waals surface area contributed by atoms with Gasteiger partial charge in [0.05, 0.1) is 18.8 Å². The molecule has 1 fully saturated rings. The van der Waals surface area contributed by atoms with E-state index >= 15 is 0 Å². The number of likely N-dealkylation sites (N-methyl/N-ethyl adjacent to an activating group) is 2. The number of rotatable bonds is 8. The summed E-state index contributed by atoms with van der Waals surface area (Å²) in [6, 6.07) is 4.51. The van der Waals surface area contributed by atoms with E-state index in [2.05, 4.69) is 0 Å². The highest BCUT2D eigenvalue weighted by molar-refractivity contribution is 5.94. The lowest BCUT2D eigenvalue weighted by atomic mass is 10.1. The highest BCUT2D eigenvalue weighted by Gasteiger charge is 2.24. The van der Waals surface area contributed by atoms with Crippen molar-refractivity contribution in [2.24, 2.45) is 0 Å². The molecule has 0 N–H and O–H groups in total. The second kappa shape index (κ2) is 10.3. The number of hydrogen-bond donors (Lipinski definition) is 0. The molecule has 0 aliphatic carbocycles. The third kappa shape index (κ3) is 6.00. The lowest BCUT2D eigenvalue weighted by molar-refractivity contribution is -0.135. The van der Waals surface area contributed by atoms with Crippen LogP contribution in [-0.4, -0.2) is 91.7 Å². The maximum atomic E-state index is 14.4.